The molecule has 0 saturated carbocycles. The van der Waals surface area contributed by atoms with Gasteiger partial charge in [0, 0.05) is 11.6 Å². The molecule has 3 nitrogen and oxygen atoms in total. The maximum atomic E-state index is 12.8. The number of rotatable bonds is 3. The summed E-state index contributed by atoms with van der Waals surface area (Å²) >= 11 is 12.0. The second kappa shape index (κ2) is 6.66. The van der Waals surface area contributed by atoms with Crippen LogP contribution in [0.15, 0.2) is 18.2 Å². The first kappa shape index (κ1) is 15.3. The van der Waals surface area contributed by atoms with Gasteiger partial charge in [0.15, 0.2) is 5.78 Å². The summed E-state index contributed by atoms with van der Waals surface area (Å²) in [6.07, 6.45) is 4.31. The fraction of sp³-hybridized carbons (Fsp3) is 0.562. The third kappa shape index (κ3) is 3.26. The van der Waals surface area contributed by atoms with Crippen molar-refractivity contribution in [1.29, 1.82) is 0 Å². The average Bonchev–Trinajstić information content (AvgIpc) is 2.99. The Morgan fingerprint density at radius 3 is 2.62 bits per heavy atom. The molecular formula is C16H20Cl2N2O. The third-order valence-electron chi connectivity index (χ3n) is 4.58. The SMILES string of the molecule is O=C(c1ccc(Cl)c(Cl)c1)C1CCCN1C1CCNCC1. The Balaban J connectivity index is 1.77. The molecule has 3 rings (SSSR count). The summed E-state index contributed by atoms with van der Waals surface area (Å²) < 4.78 is 0. The number of halogens is 2. The summed E-state index contributed by atoms with van der Waals surface area (Å²) in [5.41, 5.74) is 0.676. The van der Waals surface area contributed by atoms with Gasteiger partial charge in [0.1, 0.15) is 0 Å². The number of hydrogen-bond acceptors (Lipinski definition) is 3. The van der Waals surface area contributed by atoms with Gasteiger partial charge >= 0.3 is 0 Å². The minimum atomic E-state index is 0.00495. The van der Waals surface area contributed by atoms with E-state index < -0.39 is 0 Å². The quantitative estimate of drug-likeness (QED) is 0.864. The highest BCUT2D eigenvalue weighted by atomic mass is 35.5. The molecule has 0 bridgehead atoms. The molecular weight excluding hydrogens is 307 g/mol. The van der Waals surface area contributed by atoms with Crippen molar-refractivity contribution in [3.05, 3.63) is 33.8 Å². The second-order valence-corrected chi connectivity index (χ2v) is 6.68. The van der Waals surface area contributed by atoms with Gasteiger partial charge in [0.25, 0.3) is 0 Å². The Kier molecular flexibility index (Phi) is 4.85. The highest BCUT2D eigenvalue weighted by molar-refractivity contribution is 6.42. The van der Waals surface area contributed by atoms with Crippen molar-refractivity contribution in [2.45, 2.75) is 37.8 Å². The molecule has 1 aromatic rings. The molecule has 1 aromatic carbocycles. The Labute approximate surface area is 135 Å². The van der Waals surface area contributed by atoms with Crippen molar-refractivity contribution in [2.24, 2.45) is 0 Å². The standard InChI is InChI=1S/C16H20Cl2N2O/c17-13-4-3-11(10-14(13)18)16(21)15-2-1-9-20(15)12-5-7-19-8-6-12/h3-4,10,12,15,19H,1-2,5-9H2. The van der Waals surface area contributed by atoms with Crippen LogP contribution in [-0.4, -0.2) is 42.4 Å². The summed E-state index contributed by atoms with van der Waals surface area (Å²) in [4.78, 5) is 15.2. The number of nitrogens with zero attached hydrogens (tertiary/aromatic N) is 1. The van der Waals surface area contributed by atoms with Gasteiger partial charge in [-0.05, 0) is 63.5 Å². The normalized spacial score (nSPS) is 24.4. The van der Waals surface area contributed by atoms with Gasteiger partial charge in [-0.3, -0.25) is 9.69 Å². The highest BCUT2D eigenvalue weighted by Gasteiger charge is 2.36. The molecule has 2 aliphatic rings. The molecule has 0 aliphatic carbocycles. The highest BCUT2D eigenvalue weighted by Crippen LogP contribution is 2.29. The van der Waals surface area contributed by atoms with Crippen molar-refractivity contribution in [2.75, 3.05) is 19.6 Å². The van der Waals surface area contributed by atoms with Crippen LogP contribution in [0.3, 0.4) is 0 Å². The molecule has 1 N–H and O–H groups in total. The number of likely N-dealkylation sites (tertiary alicyclic amines) is 1. The lowest BCUT2D eigenvalue weighted by molar-refractivity contribution is 0.0784. The van der Waals surface area contributed by atoms with Gasteiger partial charge in [-0.25, -0.2) is 0 Å². The zero-order valence-corrected chi connectivity index (χ0v) is 13.5. The molecule has 2 fully saturated rings. The largest absolute Gasteiger partial charge is 0.317 e. The van der Waals surface area contributed by atoms with Gasteiger partial charge in [-0.1, -0.05) is 23.2 Å². The van der Waals surface area contributed by atoms with E-state index in [1.54, 1.807) is 18.2 Å². The van der Waals surface area contributed by atoms with Crippen molar-refractivity contribution in [1.82, 2.24) is 10.2 Å². The number of hydrogen-bond donors (Lipinski definition) is 1. The van der Waals surface area contributed by atoms with Crippen molar-refractivity contribution < 1.29 is 4.79 Å². The van der Waals surface area contributed by atoms with Crippen LogP contribution >= 0.6 is 23.2 Å². The molecule has 21 heavy (non-hydrogen) atoms. The van der Waals surface area contributed by atoms with Gasteiger partial charge in [-0.2, -0.15) is 0 Å². The van der Waals surface area contributed by atoms with E-state index in [0.29, 0.717) is 21.7 Å². The number of ketones is 1. The first-order valence-electron chi connectivity index (χ1n) is 7.62. The topological polar surface area (TPSA) is 32.3 Å². The predicted octanol–water partition coefficient (Wildman–Crippen LogP) is 3.39. The predicted molar refractivity (Wildman–Crippen MR) is 86.4 cm³/mol. The van der Waals surface area contributed by atoms with Gasteiger partial charge in [-0.15, -0.1) is 0 Å². The van der Waals surface area contributed by atoms with Crippen molar-refractivity contribution in [3.8, 4) is 0 Å². The van der Waals surface area contributed by atoms with E-state index in [1.165, 1.54) is 0 Å². The Hall–Kier alpha value is -0.610. The summed E-state index contributed by atoms with van der Waals surface area (Å²) in [6.45, 7) is 3.13. The van der Waals surface area contributed by atoms with E-state index in [4.69, 9.17) is 23.2 Å². The van der Waals surface area contributed by atoms with Crippen LogP contribution in [0.4, 0.5) is 0 Å². The second-order valence-electron chi connectivity index (χ2n) is 5.87. The lowest BCUT2D eigenvalue weighted by Crippen LogP contribution is -2.47. The van der Waals surface area contributed by atoms with E-state index in [1.807, 2.05) is 0 Å². The number of benzene rings is 1. The molecule has 114 valence electrons. The van der Waals surface area contributed by atoms with Crippen LogP contribution in [0.5, 0.6) is 0 Å². The lowest BCUT2D eigenvalue weighted by atomic mass is 9.98. The van der Waals surface area contributed by atoms with E-state index in [2.05, 4.69) is 10.2 Å². The number of carbonyl (C=O) groups excluding carboxylic acids is 1. The Morgan fingerprint density at radius 1 is 1.14 bits per heavy atom. The monoisotopic (exact) mass is 326 g/mol. The van der Waals surface area contributed by atoms with E-state index in [-0.39, 0.29) is 11.8 Å². The fourth-order valence-electron chi connectivity index (χ4n) is 3.49. The molecule has 5 heteroatoms. The Morgan fingerprint density at radius 2 is 1.90 bits per heavy atom. The zero-order valence-electron chi connectivity index (χ0n) is 11.9. The molecule has 2 aliphatic heterocycles. The fourth-order valence-corrected chi connectivity index (χ4v) is 3.79. The molecule has 1 atom stereocenters. The lowest BCUT2D eigenvalue weighted by Gasteiger charge is -2.35. The van der Waals surface area contributed by atoms with Crippen molar-refractivity contribution >= 4 is 29.0 Å². The first-order valence-corrected chi connectivity index (χ1v) is 8.38. The maximum Gasteiger partial charge on any atom is 0.180 e. The number of piperidine rings is 1. The molecule has 2 saturated heterocycles. The molecule has 1 unspecified atom stereocenters. The Bertz CT molecular complexity index is 529. The van der Waals surface area contributed by atoms with Crippen LogP contribution in [0, 0.1) is 0 Å². The number of carbonyl (C=O) groups is 1. The molecule has 2 heterocycles. The van der Waals surface area contributed by atoms with Crippen molar-refractivity contribution in [3.63, 3.8) is 0 Å². The summed E-state index contributed by atoms with van der Waals surface area (Å²) in [5, 5.41) is 4.33. The minimum Gasteiger partial charge on any atom is -0.317 e. The summed E-state index contributed by atoms with van der Waals surface area (Å²) in [7, 11) is 0. The van der Waals surface area contributed by atoms with Crippen LogP contribution < -0.4 is 5.32 Å². The van der Waals surface area contributed by atoms with Crippen LogP contribution in [-0.2, 0) is 0 Å². The first-order chi connectivity index (χ1) is 10.2. The van der Waals surface area contributed by atoms with E-state index in [0.717, 1.165) is 45.3 Å². The van der Waals surface area contributed by atoms with Crippen LogP contribution in [0.25, 0.3) is 0 Å². The van der Waals surface area contributed by atoms with E-state index >= 15 is 0 Å². The maximum absolute atomic E-state index is 12.8. The average molecular weight is 327 g/mol. The van der Waals surface area contributed by atoms with Gasteiger partial charge < -0.3 is 5.32 Å². The van der Waals surface area contributed by atoms with E-state index in [9.17, 15) is 4.79 Å². The van der Waals surface area contributed by atoms with Crippen LogP contribution in [0.1, 0.15) is 36.0 Å². The van der Waals surface area contributed by atoms with Gasteiger partial charge in [0.05, 0.1) is 16.1 Å². The minimum absolute atomic E-state index is 0.00495. The molecule has 0 spiro atoms. The zero-order chi connectivity index (χ0) is 14.8. The molecule has 0 radical (unpaired) electrons. The van der Waals surface area contributed by atoms with Gasteiger partial charge in [0.2, 0.25) is 0 Å². The summed E-state index contributed by atoms with van der Waals surface area (Å²) in [6, 6.07) is 5.73. The third-order valence-corrected chi connectivity index (χ3v) is 5.32. The molecule has 0 aromatic heterocycles. The molecule has 0 amide bonds. The van der Waals surface area contributed by atoms with Crippen LogP contribution in [0.2, 0.25) is 10.0 Å². The number of nitrogens with one attached hydrogen (secondary N) is 1. The number of Topliss-reactive ketones (excluding diaryl/α,β-unsaturated/α-hetero) is 1. The summed E-state index contributed by atoms with van der Waals surface area (Å²) in [5.74, 6) is 0.185. The smallest absolute Gasteiger partial charge is 0.180 e.